The summed E-state index contributed by atoms with van der Waals surface area (Å²) in [5.41, 5.74) is 0.247. The van der Waals surface area contributed by atoms with Crippen LogP contribution in [0.1, 0.15) is 33.6 Å². The predicted octanol–water partition coefficient (Wildman–Crippen LogP) is 3.41. The van der Waals surface area contributed by atoms with Crippen LogP contribution in [0.5, 0.6) is 11.5 Å². The molecule has 0 saturated carbocycles. The van der Waals surface area contributed by atoms with Crippen LogP contribution in [0.3, 0.4) is 0 Å². The van der Waals surface area contributed by atoms with E-state index in [1.165, 1.54) is 14.2 Å². The van der Waals surface area contributed by atoms with Crippen LogP contribution < -0.4 is 14.8 Å². The number of carbonyl (C=O) groups excluding carboxylic acids is 2. The summed E-state index contributed by atoms with van der Waals surface area (Å²) >= 11 is 6.21. The van der Waals surface area contributed by atoms with Crippen LogP contribution in [0.4, 0.5) is 5.69 Å². The van der Waals surface area contributed by atoms with E-state index in [1.54, 1.807) is 19.1 Å². The number of hydrogen-bond donors (Lipinski definition) is 1. The fraction of sp³-hybridized carbons (Fsp3) is 0.524. The van der Waals surface area contributed by atoms with E-state index in [1.807, 2.05) is 0 Å². The maximum atomic E-state index is 13.2. The van der Waals surface area contributed by atoms with Crippen molar-refractivity contribution in [3.05, 3.63) is 28.3 Å². The van der Waals surface area contributed by atoms with Gasteiger partial charge in [-0.1, -0.05) is 11.6 Å². The number of methoxy groups -OCH3 is 2. The van der Waals surface area contributed by atoms with Crippen molar-refractivity contribution >= 4 is 29.2 Å². The van der Waals surface area contributed by atoms with Gasteiger partial charge in [-0.3, -0.25) is 4.79 Å². The van der Waals surface area contributed by atoms with Crippen LogP contribution in [-0.4, -0.2) is 55.7 Å². The molecular formula is C21H27ClN2O5. The molecule has 2 heterocycles. The lowest BCUT2D eigenvalue weighted by atomic mass is 9.82. The van der Waals surface area contributed by atoms with Crippen molar-refractivity contribution in [1.29, 1.82) is 0 Å². The number of halogens is 1. The fourth-order valence-corrected chi connectivity index (χ4v) is 4.26. The van der Waals surface area contributed by atoms with Crippen molar-refractivity contribution in [3.8, 4) is 11.5 Å². The summed E-state index contributed by atoms with van der Waals surface area (Å²) in [4.78, 5) is 27.9. The zero-order chi connectivity index (χ0) is 21.3. The van der Waals surface area contributed by atoms with Crippen molar-refractivity contribution in [2.24, 2.45) is 0 Å². The number of amides is 1. The molecule has 1 saturated heterocycles. The molecule has 0 unspecified atom stereocenters. The number of hydrogen-bond acceptors (Lipinski definition) is 6. The number of esters is 1. The Morgan fingerprint density at radius 3 is 2.38 bits per heavy atom. The molecule has 1 spiro atoms. The van der Waals surface area contributed by atoms with E-state index < -0.39 is 11.6 Å². The Labute approximate surface area is 175 Å². The van der Waals surface area contributed by atoms with Gasteiger partial charge in [-0.15, -0.1) is 0 Å². The molecule has 29 heavy (non-hydrogen) atoms. The highest BCUT2D eigenvalue weighted by Gasteiger charge is 2.51. The van der Waals surface area contributed by atoms with Crippen LogP contribution in [-0.2, 0) is 14.3 Å². The van der Waals surface area contributed by atoms with Gasteiger partial charge in [-0.25, -0.2) is 4.79 Å². The van der Waals surface area contributed by atoms with Crippen molar-refractivity contribution < 1.29 is 23.8 Å². The van der Waals surface area contributed by atoms with Crippen LogP contribution in [0.2, 0.25) is 5.02 Å². The molecule has 1 fully saturated rings. The van der Waals surface area contributed by atoms with Gasteiger partial charge in [0.05, 0.1) is 30.5 Å². The lowest BCUT2D eigenvalue weighted by Gasteiger charge is -2.40. The highest BCUT2D eigenvalue weighted by Crippen LogP contribution is 2.43. The molecule has 158 valence electrons. The average molecular weight is 423 g/mol. The summed E-state index contributed by atoms with van der Waals surface area (Å²) < 4.78 is 16.3. The lowest BCUT2D eigenvalue weighted by Crippen LogP contribution is -2.49. The molecule has 0 aromatic heterocycles. The first-order valence-electron chi connectivity index (χ1n) is 9.64. The Balaban J connectivity index is 1.89. The second-order valence-corrected chi connectivity index (χ2v) is 8.06. The first-order valence-corrected chi connectivity index (χ1v) is 10.0. The van der Waals surface area contributed by atoms with E-state index in [0.717, 1.165) is 13.1 Å². The standard InChI is InChI=1S/C21H27ClN2O5/c1-12(2)24-8-6-21(7-9-24)18(13(3)20(26)29-21)19(25)23-15-10-14(22)16(27-4)11-17(15)28-5/h10-12H,6-9H2,1-5H3,(H,23,25). The van der Waals surface area contributed by atoms with Gasteiger partial charge >= 0.3 is 5.97 Å². The van der Waals surface area contributed by atoms with E-state index in [2.05, 4.69) is 24.1 Å². The first kappa shape index (κ1) is 21.5. The van der Waals surface area contributed by atoms with E-state index >= 15 is 0 Å². The van der Waals surface area contributed by atoms with Crippen LogP contribution in [0.25, 0.3) is 0 Å². The SMILES string of the molecule is COc1cc(OC)c(NC(=O)C2=C(C)C(=O)OC23CCN(C(C)C)CC3)cc1Cl. The number of carbonyl (C=O) groups is 2. The molecule has 2 aliphatic rings. The first-order chi connectivity index (χ1) is 13.7. The van der Waals surface area contributed by atoms with Gasteiger partial charge in [0.1, 0.15) is 17.1 Å². The Bertz CT molecular complexity index is 857. The minimum Gasteiger partial charge on any atom is -0.495 e. The van der Waals surface area contributed by atoms with E-state index in [-0.39, 0.29) is 5.91 Å². The summed E-state index contributed by atoms with van der Waals surface area (Å²) in [7, 11) is 3.00. The topological polar surface area (TPSA) is 77.1 Å². The Morgan fingerprint density at radius 2 is 1.83 bits per heavy atom. The minimum absolute atomic E-state index is 0.341. The van der Waals surface area contributed by atoms with Crippen molar-refractivity contribution in [1.82, 2.24) is 4.90 Å². The third-order valence-corrected chi connectivity index (χ3v) is 6.01. The van der Waals surface area contributed by atoms with Gasteiger partial charge in [0, 0.05) is 43.6 Å². The second kappa shape index (κ2) is 8.24. The van der Waals surface area contributed by atoms with Crippen LogP contribution in [0, 0.1) is 0 Å². The summed E-state index contributed by atoms with van der Waals surface area (Å²) in [6.45, 7) is 7.42. The van der Waals surface area contributed by atoms with Gasteiger partial charge in [0.2, 0.25) is 0 Å². The third kappa shape index (κ3) is 3.94. The summed E-state index contributed by atoms with van der Waals surface area (Å²) in [6, 6.07) is 3.57. The molecule has 0 bridgehead atoms. The lowest BCUT2D eigenvalue weighted by molar-refractivity contribution is -0.151. The fourth-order valence-electron chi connectivity index (χ4n) is 4.02. The van der Waals surface area contributed by atoms with E-state index in [4.69, 9.17) is 25.8 Å². The van der Waals surface area contributed by atoms with Gasteiger partial charge < -0.3 is 24.4 Å². The molecule has 0 atom stereocenters. The number of rotatable bonds is 5. The van der Waals surface area contributed by atoms with Crippen LogP contribution in [0.15, 0.2) is 23.3 Å². The quantitative estimate of drug-likeness (QED) is 0.733. The van der Waals surface area contributed by atoms with E-state index in [9.17, 15) is 9.59 Å². The Kier molecular flexibility index (Phi) is 6.10. The molecule has 1 N–H and O–H groups in total. The van der Waals surface area contributed by atoms with E-state index in [0.29, 0.717) is 52.2 Å². The number of benzene rings is 1. The zero-order valence-electron chi connectivity index (χ0n) is 17.4. The third-order valence-electron chi connectivity index (χ3n) is 5.71. The largest absolute Gasteiger partial charge is 0.495 e. The van der Waals surface area contributed by atoms with Crippen molar-refractivity contribution in [2.75, 3.05) is 32.6 Å². The molecule has 1 amide bonds. The normalized spacial score (nSPS) is 18.9. The summed E-state index contributed by atoms with van der Waals surface area (Å²) in [5, 5.41) is 3.19. The molecule has 2 aliphatic heterocycles. The second-order valence-electron chi connectivity index (χ2n) is 7.65. The zero-order valence-corrected chi connectivity index (χ0v) is 18.2. The summed E-state index contributed by atoms with van der Waals surface area (Å²) in [5.74, 6) is 0.0272. The number of nitrogens with one attached hydrogen (secondary N) is 1. The molecular weight excluding hydrogens is 396 g/mol. The maximum absolute atomic E-state index is 13.2. The molecule has 1 aromatic carbocycles. The van der Waals surface area contributed by atoms with Gasteiger partial charge in [-0.05, 0) is 26.8 Å². The molecule has 7 nitrogen and oxygen atoms in total. The maximum Gasteiger partial charge on any atom is 0.335 e. The van der Waals surface area contributed by atoms with Gasteiger partial charge in [0.25, 0.3) is 5.91 Å². The van der Waals surface area contributed by atoms with Crippen molar-refractivity contribution in [3.63, 3.8) is 0 Å². The molecule has 3 rings (SSSR count). The molecule has 0 radical (unpaired) electrons. The Morgan fingerprint density at radius 1 is 1.21 bits per heavy atom. The predicted molar refractivity (Wildman–Crippen MR) is 111 cm³/mol. The van der Waals surface area contributed by atoms with Crippen molar-refractivity contribution in [2.45, 2.75) is 45.3 Å². The monoisotopic (exact) mass is 422 g/mol. The molecule has 0 aliphatic carbocycles. The average Bonchev–Trinajstić information content (AvgIpc) is 2.92. The number of likely N-dealkylation sites (tertiary alicyclic amines) is 1. The van der Waals surface area contributed by atoms with Crippen LogP contribution >= 0.6 is 11.6 Å². The summed E-state index contributed by atoms with van der Waals surface area (Å²) in [6.07, 6.45) is 1.16. The highest BCUT2D eigenvalue weighted by atomic mass is 35.5. The number of ether oxygens (including phenoxy) is 3. The van der Waals surface area contributed by atoms with Gasteiger partial charge in [0.15, 0.2) is 0 Å². The molecule has 8 heteroatoms. The van der Waals surface area contributed by atoms with Gasteiger partial charge in [-0.2, -0.15) is 0 Å². The highest BCUT2D eigenvalue weighted by molar-refractivity contribution is 6.32. The number of piperidine rings is 1. The smallest absolute Gasteiger partial charge is 0.335 e. The Hall–Kier alpha value is -2.25. The number of anilines is 1. The molecule has 1 aromatic rings. The number of nitrogens with zero attached hydrogens (tertiary/aromatic N) is 1. The minimum atomic E-state index is -0.889.